The first kappa shape index (κ1) is 24.4. The summed E-state index contributed by atoms with van der Waals surface area (Å²) in [6.07, 6.45) is 0.991. The maximum atomic E-state index is 14.5. The van der Waals surface area contributed by atoms with E-state index in [4.69, 9.17) is 11.6 Å². The van der Waals surface area contributed by atoms with E-state index in [9.17, 15) is 27.5 Å². The highest BCUT2D eigenvalue weighted by atomic mass is 35.5. The molecule has 33 heavy (non-hydrogen) atoms. The molecule has 0 bridgehead atoms. The van der Waals surface area contributed by atoms with Crippen molar-refractivity contribution in [1.82, 2.24) is 15.0 Å². The van der Waals surface area contributed by atoms with Gasteiger partial charge in [-0.1, -0.05) is 23.7 Å². The number of rotatable bonds is 8. The number of pyridine rings is 1. The number of nitrogens with zero attached hydrogens (tertiary/aromatic N) is 1. The third-order valence-corrected chi connectivity index (χ3v) is 6.14. The Morgan fingerprint density at radius 3 is 2.58 bits per heavy atom. The van der Waals surface area contributed by atoms with Gasteiger partial charge in [-0.25, -0.2) is 12.8 Å². The Balaban J connectivity index is 1.88. The van der Waals surface area contributed by atoms with Crippen LogP contribution in [-0.4, -0.2) is 43.5 Å². The zero-order valence-electron chi connectivity index (χ0n) is 17.3. The Labute approximate surface area is 193 Å². The molecule has 1 aromatic heterocycles. The van der Waals surface area contributed by atoms with Gasteiger partial charge in [-0.05, 0) is 36.8 Å². The molecule has 1 amide bonds. The molecule has 0 aliphatic rings. The normalized spacial score (nSPS) is 11.4. The number of aromatic nitrogens is 1. The van der Waals surface area contributed by atoms with E-state index in [-0.39, 0.29) is 29.6 Å². The SMILES string of the molecule is CCOC(=O)CNS(=O)(=O)c1cc(F)c2ncc(C(=O)NCc3ccc(Cl)cc3)c(O)c2c1. The first-order valence-electron chi connectivity index (χ1n) is 9.61. The monoisotopic (exact) mass is 495 g/mol. The zero-order chi connectivity index (χ0) is 24.2. The summed E-state index contributed by atoms with van der Waals surface area (Å²) in [4.78, 5) is 27.3. The molecule has 3 aromatic rings. The van der Waals surface area contributed by atoms with Crippen LogP contribution in [0.3, 0.4) is 0 Å². The fourth-order valence-corrected chi connectivity index (χ4v) is 4.00. The van der Waals surface area contributed by atoms with Gasteiger partial charge in [0.25, 0.3) is 5.91 Å². The summed E-state index contributed by atoms with van der Waals surface area (Å²) >= 11 is 5.82. The highest BCUT2D eigenvalue weighted by molar-refractivity contribution is 7.89. The lowest BCUT2D eigenvalue weighted by atomic mass is 10.1. The molecule has 9 nitrogen and oxygen atoms in total. The minimum absolute atomic E-state index is 0.0631. The molecule has 0 aliphatic carbocycles. The van der Waals surface area contributed by atoms with Gasteiger partial charge in [-0.2, -0.15) is 4.72 Å². The predicted molar refractivity (Wildman–Crippen MR) is 118 cm³/mol. The lowest BCUT2D eigenvalue weighted by Crippen LogP contribution is -2.30. The molecule has 3 rings (SSSR count). The van der Waals surface area contributed by atoms with Crippen molar-refractivity contribution >= 4 is 44.4 Å². The van der Waals surface area contributed by atoms with Crippen molar-refractivity contribution in [2.75, 3.05) is 13.2 Å². The quantitative estimate of drug-likeness (QED) is 0.409. The average Bonchev–Trinajstić information content (AvgIpc) is 2.78. The molecular formula is C21H19ClFN3O6S. The second-order valence-electron chi connectivity index (χ2n) is 6.76. The number of ether oxygens (including phenoxy) is 1. The largest absolute Gasteiger partial charge is 0.506 e. The van der Waals surface area contributed by atoms with Gasteiger partial charge in [-0.3, -0.25) is 14.6 Å². The van der Waals surface area contributed by atoms with Gasteiger partial charge >= 0.3 is 5.97 Å². The van der Waals surface area contributed by atoms with E-state index in [1.165, 1.54) is 0 Å². The Bertz CT molecular complexity index is 1320. The molecule has 0 spiro atoms. The van der Waals surface area contributed by atoms with Crippen LogP contribution in [0.1, 0.15) is 22.8 Å². The van der Waals surface area contributed by atoms with E-state index in [2.05, 4.69) is 15.0 Å². The van der Waals surface area contributed by atoms with E-state index in [0.29, 0.717) is 11.1 Å². The van der Waals surface area contributed by atoms with E-state index >= 15 is 0 Å². The van der Waals surface area contributed by atoms with Crippen molar-refractivity contribution in [3.8, 4) is 5.75 Å². The summed E-state index contributed by atoms with van der Waals surface area (Å²) in [5, 5.41) is 13.4. The summed E-state index contributed by atoms with van der Waals surface area (Å²) < 4.78 is 46.1. The first-order chi connectivity index (χ1) is 15.6. The minimum Gasteiger partial charge on any atom is -0.506 e. The molecule has 12 heteroatoms. The summed E-state index contributed by atoms with van der Waals surface area (Å²) in [7, 11) is -4.33. The van der Waals surface area contributed by atoms with Crippen molar-refractivity contribution < 1.29 is 32.2 Å². The first-order valence-corrected chi connectivity index (χ1v) is 11.5. The van der Waals surface area contributed by atoms with Crippen LogP contribution in [0.25, 0.3) is 10.9 Å². The number of amides is 1. The number of nitrogens with one attached hydrogen (secondary N) is 2. The van der Waals surface area contributed by atoms with Crippen LogP contribution < -0.4 is 10.0 Å². The number of benzene rings is 2. The van der Waals surface area contributed by atoms with Crippen molar-refractivity contribution in [1.29, 1.82) is 0 Å². The van der Waals surface area contributed by atoms with Gasteiger partial charge in [0.05, 0.1) is 11.5 Å². The maximum Gasteiger partial charge on any atom is 0.321 e. The molecule has 3 N–H and O–H groups in total. The summed E-state index contributed by atoms with van der Waals surface area (Å²) in [6.45, 7) is 1.08. The molecule has 0 unspecified atom stereocenters. The van der Waals surface area contributed by atoms with Gasteiger partial charge in [0, 0.05) is 23.2 Å². The van der Waals surface area contributed by atoms with Gasteiger partial charge in [-0.15, -0.1) is 0 Å². The van der Waals surface area contributed by atoms with Crippen molar-refractivity contribution in [2.45, 2.75) is 18.4 Å². The Morgan fingerprint density at radius 1 is 1.21 bits per heavy atom. The summed E-state index contributed by atoms with van der Waals surface area (Å²) in [5.41, 5.74) is 0.143. The number of fused-ring (bicyclic) bond motifs is 1. The predicted octanol–water partition coefficient (Wildman–Crippen LogP) is 2.50. The fourth-order valence-electron chi connectivity index (χ4n) is 2.87. The Hall–Kier alpha value is -3.28. The third-order valence-electron chi connectivity index (χ3n) is 4.50. The van der Waals surface area contributed by atoms with E-state index in [0.717, 1.165) is 17.8 Å². The van der Waals surface area contributed by atoms with E-state index in [1.807, 2.05) is 4.72 Å². The minimum atomic E-state index is -4.33. The number of hydrogen-bond donors (Lipinski definition) is 3. The summed E-state index contributed by atoms with van der Waals surface area (Å²) in [5.74, 6) is -3.19. The summed E-state index contributed by atoms with van der Waals surface area (Å²) in [6, 6.07) is 8.37. The maximum absolute atomic E-state index is 14.5. The van der Waals surface area contributed by atoms with Crippen molar-refractivity contribution in [2.24, 2.45) is 0 Å². The highest BCUT2D eigenvalue weighted by Gasteiger charge is 2.22. The van der Waals surface area contributed by atoms with Gasteiger partial charge < -0.3 is 15.2 Å². The number of hydrogen-bond acceptors (Lipinski definition) is 7. The number of carbonyl (C=O) groups is 2. The molecule has 0 aliphatic heterocycles. The standard InChI is InChI=1S/C21H19ClFN3O6S/c1-2-32-18(27)11-26-33(30,31)14-7-15-19(17(23)8-14)24-10-16(20(15)28)21(29)25-9-12-3-5-13(22)6-4-12/h3-8,10,26H,2,9,11H2,1H3,(H,24,28)(H,25,29). The van der Waals surface area contributed by atoms with Gasteiger partial charge in [0.1, 0.15) is 23.4 Å². The number of carbonyl (C=O) groups excluding carboxylic acids is 2. The van der Waals surface area contributed by atoms with Gasteiger partial charge in [0.15, 0.2) is 5.82 Å². The van der Waals surface area contributed by atoms with Crippen molar-refractivity contribution in [3.05, 3.63) is 64.6 Å². The fraction of sp³-hybridized carbons (Fsp3) is 0.190. The Morgan fingerprint density at radius 2 is 1.91 bits per heavy atom. The Kier molecular flexibility index (Phi) is 7.46. The molecule has 0 atom stereocenters. The third kappa shape index (κ3) is 5.75. The molecule has 174 valence electrons. The molecule has 2 aromatic carbocycles. The topological polar surface area (TPSA) is 135 Å². The molecular weight excluding hydrogens is 477 g/mol. The second-order valence-corrected chi connectivity index (χ2v) is 8.96. The van der Waals surface area contributed by atoms with Crippen LogP contribution in [0.15, 0.2) is 47.5 Å². The lowest BCUT2D eigenvalue weighted by Gasteiger charge is -2.11. The number of esters is 1. The second kappa shape index (κ2) is 10.1. The van der Waals surface area contributed by atoms with Crippen LogP contribution in [0.4, 0.5) is 4.39 Å². The average molecular weight is 496 g/mol. The number of sulfonamides is 1. The molecule has 0 saturated carbocycles. The number of aromatic hydroxyl groups is 1. The van der Waals surface area contributed by atoms with E-state index in [1.54, 1.807) is 31.2 Å². The van der Waals surface area contributed by atoms with E-state index < -0.39 is 44.9 Å². The smallest absolute Gasteiger partial charge is 0.321 e. The van der Waals surface area contributed by atoms with Crippen LogP contribution >= 0.6 is 11.6 Å². The molecule has 0 saturated heterocycles. The zero-order valence-corrected chi connectivity index (χ0v) is 18.8. The van der Waals surface area contributed by atoms with Crippen LogP contribution in [0, 0.1) is 5.82 Å². The highest BCUT2D eigenvalue weighted by Crippen LogP contribution is 2.31. The van der Waals surface area contributed by atoms with Crippen LogP contribution in [0.5, 0.6) is 5.75 Å². The number of halogens is 2. The molecule has 1 heterocycles. The van der Waals surface area contributed by atoms with Crippen molar-refractivity contribution in [3.63, 3.8) is 0 Å². The molecule has 0 radical (unpaired) electrons. The molecule has 0 fully saturated rings. The lowest BCUT2D eigenvalue weighted by molar-refractivity contribution is -0.141. The van der Waals surface area contributed by atoms with Gasteiger partial charge in [0.2, 0.25) is 10.0 Å². The van der Waals surface area contributed by atoms with Crippen LogP contribution in [-0.2, 0) is 26.1 Å². The van der Waals surface area contributed by atoms with Crippen LogP contribution in [0.2, 0.25) is 5.02 Å².